The molecule has 0 unspecified atom stereocenters. The summed E-state index contributed by atoms with van der Waals surface area (Å²) in [6.45, 7) is 16.7. The Morgan fingerprint density at radius 3 is 1.58 bits per heavy atom. The number of hydrogen-bond acceptors (Lipinski definition) is 5. The Morgan fingerprint density at radius 2 is 1.29 bits per heavy atom. The Kier molecular flexibility index (Phi) is 9.16. The lowest BCUT2D eigenvalue weighted by Gasteiger charge is -2.35. The zero-order valence-corrected chi connectivity index (χ0v) is 22.4. The van der Waals surface area contributed by atoms with Crippen LogP contribution in [-0.2, 0) is 35.7 Å². The first kappa shape index (κ1) is 27.9. The normalized spacial score (nSPS) is 13.4. The highest BCUT2D eigenvalue weighted by atomic mass is 31.2. The topological polar surface area (TPSA) is 61.8 Å². The van der Waals surface area contributed by atoms with E-state index in [4.69, 9.17) is 13.8 Å². The fraction of sp³-hybridized carbons (Fsp3) is 0.720. The van der Waals surface area contributed by atoms with Crippen LogP contribution in [0.15, 0.2) is 12.1 Å². The van der Waals surface area contributed by atoms with E-state index in [1.54, 1.807) is 7.11 Å². The van der Waals surface area contributed by atoms with E-state index in [0.717, 1.165) is 22.4 Å². The van der Waals surface area contributed by atoms with E-state index in [9.17, 15) is 9.36 Å². The van der Waals surface area contributed by atoms with Gasteiger partial charge in [0.25, 0.3) is 0 Å². The lowest BCUT2D eigenvalue weighted by Crippen LogP contribution is -2.38. The maximum atomic E-state index is 13.4. The van der Waals surface area contributed by atoms with Crippen molar-refractivity contribution in [3.63, 3.8) is 0 Å². The minimum Gasteiger partial charge on any atom is -0.496 e. The average molecular weight is 455 g/mol. The Morgan fingerprint density at radius 1 is 0.871 bits per heavy atom. The van der Waals surface area contributed by atoms with E-state index in [-0.39, 0.29) is 23.0 Å². The van der Waals surface area contributed by atoms with Gasteiger partial charge in [0.2, 0.25) is 0 Å². The molecule has 0 aliphatic heterocycles. The molecule has 0 aliphatic carbocycles. The van der Waals surface area contributed by atoms with Gasteiger partial charge in [0.05, 0.1) is 7.11 Å². The number of carbonyl (C=O) groups excluding carboxylic acids is 1. The van der Waals surface area contributed by atoms with Crippen molar-refractivity contribution in [2.75, 3.05) is 21.3 Å². The molecular weight excluding hydrogens is 411 g/mol. The van der Waals surface area contributed by atoms with Gasteiger partial charge in [-0.15, -0.1) is 0 Å². The SMILES string of the molecule is CCC(CC)(C(=O)CCc1cc(C(C)(C)C)c(OC)c(C(C)(C)C)c1)P(=O)(OC)OC. The van der Waals surface area contributed by atoms with Gasteiger partial charge < -0.3 is 13.8 Å². The van der Waals surface area contributed by atoms with Crippen LogP contribution in [0.1, 0.15) is 91.3 Å². The van der Waals surface area contributed by atoms with Gasteiger partial charge in [0, 0.05) is 31.8 Å². The quantitative estimate of drug-likeness (QED) is 0.362. The van der Waals surface area contributed by atoms with Crippen molar-refractivity contribution in [3.8, 4) is 5.75 Å². The van der Waals surface area contributed by atoms with Gasteiger partial charge in [-0.25, -0.2) is 0 Å². The maximum Gasteiger partial charge on any atom is 0.343 e. The minimum absolute atomic E-state index is 0.0741. The summed E-state index contributed by atoms with van der Waals surface area (Å²) in [7, 11) is 0.868. The molecular formula is C25H43O5P. The minimum atomic E-state index is -3.55. The first-order valence-corrected chi connectivity index (χ1v) is 12.7. The van der Waals surface area contributed by atoms with Crippen molar-refractivity contribution in [1.29, 1.82) is 0 Å². The lowest BCUT2D eigenvalue weighted by molar-refractivity contribution is -0.122. The van der Waals surface area contributed by atoms with Crippen molar-refractivity contribution < 1.29 is 23.1 Å². The van der Waals surface area contributed by atoms with Crippen LogP contribution < -0.4 is 4.74 Å². The van der Waals surface area contributed by atoms with Crippen LogP contribution >= 0.6 is 7.60 Å². The number of ether oxygens (including phenoxy) is 1. The second kappa shape index (κ2) is 10.2. The fourth-order valence-corrected chi connectivity index (χ4v) is 6.31. The summed E-state index contributed by atoms with van der Waals surface area (Å²) in [5, 5.41) is -1.12. The van der Waals surface area contributed by atoms with E-state index < -0.39 is 12.8 Å². The van der Waals surface area contributed by atoms with E-state index >= 15 is 0 Å². The molecule has 0 spiro atoms. The number of carbonyl (C=O) groups is 1. The number of rotatable bonds is 10. The molecule has 0 atom stereocenters. The van der Waals surface area contributed by atoms with Gasteiger partial charge in [-0.3, -0.25) is 9.36 Å². The second-order valence-corrected chi connectivity index (χ2v) is 12.8. The molecule has 0 bridgehead atoms. The third-order valence-corrected chi connectivity index (χ3v) is 9.20. The molecule has 0 heterocycles. The molecule has 0 radical (unpaired) electrons. The predicted molar refractivity (Wildman–Crippen MR) is 129 cm³/mol. The number of hydrogen-bond donors (Lipinski definition) is 0. The summed E-state index contributed by atoms with van der Waals surface area (Å²) in [5.41, 5.74) is 3.12. The summed E-state index contributed by atoms with van der Waals surface area (Å²) in [5.74, 6) is 0.838. The standard InChI is InChI=1S/C25H43O5P/c1-12-25(13-2,31(27,29-10)30-11)21(26)15-14-18-16-19(23(3,4)5)22(28-9)20(17-18)24(6,7)8/h16-17H,12-15H2,1-11H3. The first-order chi connectivity index (χ1) is 14.2. The number of methoxy groups -OCH3 is 1. The largest absolute Gasteiger partial charge is 0.496 e. The van der Waals surface area contributed by atoms with Gasteiger partial charge in [-0.1, -0.05) is 67.5 Å². The summed E-state index contributed by atoms with van der Waals surface area (Å²) in [4.78, 5) is 13.4. The second-order valence-electron chi connectivity index (χ2n) is 10.2. The highest BCUT2D eigenvalue weighted by Crippen LogP contribution is 2.62. The molecule has 1 aromatic carbocycles. The van der Waals surface area contributed by atoms with E-state index in [2.05, 4.69) is 53.7 Å². The molecule has 0 amide bonds. The van der Waals surface area contributed by atoms with Crippen molar-refractivity contribution in [3.05, 3.63) is 28.8 Å². The van der Waals surface area contributed by atoms with Crippen molar-refractivity contribution in [1.82, 2.24) is 0 Å². The third-order valence-electron chi connectivity index (χ3n) is 6.30. The van der Waals surface area contributed by atoms with Gasteiger partial charge >= 0.3 is 7.60 Å². The Bertz CT molecular complexity index is 767. The Labute approximate surface area is 189 Å². The third kappa shape index (κ3) is 5.61. The van der Waals surface area contributed by atoms with E-state index in [1.807, 2.05) is 13.8 Å². The molecule has 6 heteroatoms. The molecule has 0 aliphatic rings. The van der Waals surface area contributed by atoms with E-state index in [1.165, 1.54) is 14.2 Å². The van der Waals surface area contributed by atoms with Gasteiger partial charge in [0.15, 0.2) is 5.78 Å². The number of ketones is 1. The van der Waals surface area contributed by atoms with Crippen LogP contribution in [0.3, 0.4) is 0 Å². The molecule has 0 saturated heterocycles. The molecule has 178 valence electrons. The fourth-order valence-electron chi connectivity index (χ4n) is 4.27. The summed E-state index contributed by atoms with van der Waals surface area (Å²) < 4.78 is 29.6. The molecule has 1 aromatic rings. The van der Waals surface area contributed by atoms with Crippen molar-refractivity contribution >= 4 is 13.4 Å². The van der Waals surface area contributed by atoms with Crippen LogP contribution in [0.5, 0.6) is 5.75 Å². The summed E-state index contributed by atoms with van der Waals surface area (Å²) >= 11 is 0. The highest BCUT2D eigenvalue weighted by molar-refractivity contribution is 7.56. The number of Topliss-reactive ketones (excluding diaryl/α,β-unsaturated/α-hetero) is 1. The molecule has 5 nitrogen and oxygen atoms in total. The van der Waals surface area contributed by atoms with Crippen LogP contribution in [0, 0.1) is 0 Å². The van der Waals surface area contributed by atoms with Crippen molar-refractivity contribution in [2.24, 2.45) is 0 Å². The van der Waals surface area contributed by atoms with Crippen LogP contribution in [0.2, 0.25) is 0 Å². The van der Waals surface area contributed by atoms with Crippen LogP contribution in [0.4, 0.5) is 0 Å². The van der Waals surface area contributed by atoms with Crippen LogP contribution in [-0.4, -0.2) is 32.3 Å². The Balaban J connectivity index is 3.44. The first-order valence-electron chi connectivity index (χ1n) is 11.1. The average Bonchev–Trinajstić information content (AvgIpc) is 2.70. The van der Waals surface area contributed by atoms with E-state index in [0.29, 0.717) is 19.3 Å². The lowest BCUT2D eigenvalue weighted by atomic mass is 9.77. The predicted octanol–water partition coefficient (Wildman–Crippen LogP) is 6.84. The van der Waals surface area contributed by atoms with Crippen molar-refractivity contribution in [2.45, 2.75) is 97.1 Å². The smallest absolute Gasteiger partial charge is 0.343 e. The summed E-state index contributed by atoms with van der Waals surface area (Å²) in [6, 6.07) is 4.29. The zero-order valence-electron chi connectivity index (χ0n) is 21.5. The monoisotopic (exact) mass is 454 g/mol. The zero-order chi connectivity index (χ0) is 24.3. The van der Waals surface area contributed by atoms with Gasteiger partial charge in [-0.05, 0) is 35.7 Å². The van der Waals surface area contributed by atoms with Gasteiger partial charge in [0.1, 0.15) is 10.9 Å². The molecule has 0 fully saturated rings. The van der Waals surface area contributed by atoms with Crippen LogP contribution in [0.25, 0.3) is 0 Å². The molecule has 0 saturated carbocycles. The Hall–Kier alpha value is -1.16. The van der Waals surface area contributed by atoms with Gasteiger partial charge in [-0.2, -0.15) is 0 Å². The molecule has 0 N–H and O–H groups in total. The number of aryl methyl sites for hydroxylation is 1. The molecule has 31 heavy (non-hydrogen) atoms. The summed E-state index contributed by atoms with van der Waals surface area (Å²) in [6.07, 6.45) is 1.65. The maximum absolute atomic E-state index is 13.4. The molecule has 1 rings (SSSR count). The number of benzene rings is 1. The molecule has 0 aromatic heterocycles. The highest BCUT2D eigenvalue weighted by Gasteiger charge is 2.52.